The third-order valence-electron chi connectivity index (χ3n) is 2.44. The Morgan fingerprint density at radius 2 is 2.17 bits per heavy atom. The molecule has 1 amide bonds. The molecule has 0 aliphatic rings. The second-order valence-electron chi connectivity index (χ2n) is 4.51. The quantitative estimate of drug-likeness (QED) is 0.745. The van der Waals surface area contributed by atoms with Crippen molar-refractivity contribution in [2.24, 2.45) is 11.8 Å². The van der Waals surface area contributed by atoms with Gasteiger partial charge in [-0.1, -0.05) is 13.8 Å². The van der Waals surface area contributed by atoms with Crippen LogP contribution in [0.3, 0.4) is 0 Å². The molecule has 100 valence electrons. The maximum Gasteiger partial charge on any atom is 0.308 e. The van der Waals surface area contributed by atoms with Gasteiger partial charge in [-0.2, -0.15) is 0 Å². The molecular formula is C12H16INO3S. The van der Waals surface area contributed by atoms with Crippen LogP contribution < -0.4 is 5.32 Å². The lowest BCUT2D eigenvalue weighted by Crippen LogP contribution is -2.33. The van der Waals surface area contributed by atoms with Gasteiger partial charge in [0.15, 0.2) is 0 Å². The minimum Gasteiger partial charge on any atom is -0.481 e. The molecule has 0 fully saturated rings. The van der Waals surface area contributed by atoms with Crippen LogP contribution in [-0.2, 0) is 4.79 Å². The van der Waals surface area contributed by atoms with E-state index in [4.69, 9.17) is 5.11 Å². The van der Waals surface area contributed by atoms with E-state index >= 15 is 0 Å². The second-order valence-corrected chi connectivity index (χ2v) is 7.32. The summed E-state index contributed by atoms with van der Waals surface area (Å²) in [6.07, 6.45) is 0.566. The minimum atomic E-state index is -0.858. The number of carboxylic acid groups (broad SMARTS) is 1. The van der Waals surface area contributed by atoms with E-state index in [1.807, 2.05) is 13.8 Å². The van der Waals surface area contributed by atoms with E-state index in [2.05, 4.69) is 27.9 Å². The summed E-state index contributed by atoms with van der Waals surface area (Å²) in [5, 5.41) is 13.5. The number of amides is 1. The average Bonchev–Trinajstić information content (AvgIpc) is 2.69. The maximum atomic E-state index is 11.8. The highest BCUT2D eigenvalue weighted by Gasteiger charge is 2.20. The molecule has 0 saturated heterocycles. The van der Waals surface area contributed by atoms with Gasteiger partial charge in [0.1, 0.15) is 0 Å². The summed E-state index contributed by atoms with van der Waals surface area (Å²) in [4.78, 5) is 22.8. The van der Waals surface area contributed by atoms with Gasteiger partial charge in [-0.3, -0.25) is 9.59 Å². The van der Waals surface area contributed by atoms with Crippen molar-refractivity contribution < 1.29 is 14.7 Å². The molecule has 0 radical (unpaired) electrons. The fraction of sp³-hybridized carbons (Fsp3) is 0.500. The SMILES string of the molecule is CC(C)CC(CNC(=O)c1csc(I)c1)C(=O)O. The van der Waals surface area contributed by atoms with Crippen LogP contribution in [0.4, 0.5) is 0 Å². The van der Waals surface area contributed by atoms with Crippen molar-refractivity contribution in [3.05, 3.63) is 19.9 Å². The summed E-state index contributed by atoms with van der Waals surface area (Å²) < 4.78 is 1.04. The first kappa shape index (κ1) is 15.4. The van der Waals surface area contributed by atoms with Gasteiger partial charge in [-0.25, -0.2) is 0 Å². The van der Waals surface area contributed by atoms with Crippen molar-refractivity contribution in [1.29, 1.82) is 0 Å². The molecule has 2 N–H and O–H groups in total. The summed E-state index contributed by atoms with van der Waals surface area (Å²) in [7, 11) is 0. The molecule has 6 heteroatoms. The lowest BCUT2D eigenvalue weighted by molar-refractivity contribution is -0.142. The van der Waals surface area contributed by atoms with E-state index in [9.17, 15) is 9.59 Å². The summed E-state index contributed by atoms with van der Waals surface area (Å²) >= 11 is 3.64. The smallest absolute Gasteiger partial charge is 0.308 e. The zero-order chi connectivity index (χ0) is 13.7. The Hall–Kier alpha value is -0.630. The molecule has 4 nitrogen and oxygen atoms in total. The highest BCUT2D eigenvalue weighted by Crippen LogP contribution is 2.17. The second kappa shape index (κ2) is 7.08. The van der Waals surface area contributed by atoms with Gasteiger partial charge in [0.05, 0.1) is 14.4 Å². The lowest BCUT2D eigenvalue weighted by atomic mass is 9.97. The highest BCUT2D eigenvalue weighted by molar-refractivity contribution is 14.1. The molecule has 0 spiro atoms. The molecule has 18 heavy (non-hydrogen) atoms. The van der Waals surface area contributed by atoms with Gasteiger partial charge >= 0.3 is 5.97 Å². The van der Waals surface area contributed by atoms with Crippen molar-refractivity contribution in [3.63, 3.8) is 0 Å². The van der Waals surface area contributed by atoms with E-state index in [1.165, 1.54) is 11.3 Å². The zero-order valence-corrected chi connectivity index (χ0v) is 13.2. The molecule has 0 aliphatic carbocycles. The van der Waals surface area contributed by atoms with Gasteiger partial charge in [0.25, 0.3) is 5.91 Å². The van der Waals surface area contributed by atoms with Gasteiger partial charge in [0, 0.05) is 11.9 Å². The number of hydrogen-bond donors (Lipinski definition) is 2. The van der Waals surface area contributed by atoms with E-state index in [-0.39, 0.29) is 12.5 Å². The maximum absolute atomic E-state index is 11.8. The Labute approximate surface area is 124 Å². The van der Waals surface area contributed by atoms with Crippen LogP contribution in [0.15, 0.2) is 11.4 Å². The predicted molar refractivity (Wildman–Crippen MR) is 80.0 cm³/mol. The number of aliphatic carboxylic acids is 1. The largest absolute Gasteiger partial charge is 0.481 e. The standard InChI is InChI=1S/C12H16INO3S/c1-7(2)3-8(12(16)17)5-14-11(15)9-4-10(13)18-6-9/h4,6-8H,3,5H2,1-2H3,(H,14,15)(H,16,17). The molecule has 0 saturated carbocycles. The Kier molecular flexibility index (Phi) is 6.07. The number of carboxylic acids is 1. The van der Waals surface area contributed by atoms with Crippen molar-refractivity contribution in [1.82, 2.24) is 5.32 Å². The number of thiophene rings is 1. The van der Waals surface area contributed by atoms with Crippen LogP contribution in [0.5, 0.6) is 0 Å². The zero-order valence-electron chi connectivity index (χ0n) is 10.3. The number of nitrogens with one attached hydrogen (secondary N) is 1. The van der Waals surface area contributed by atoms with Crippen LogP contribution >= 0.6 is 33.9 Å². The molecule has 1 rings (SSSR count). The fourth-order valence-electron chi connectivity index (χ4n) is 1.59. The van der Waals surface area contributed by atoms with Gasteiger partial charge in [0.2, 0.25) is 0 Å². The first-order valence-corrected chi connectivity index (χ1v) is 7.61. The minimum absolute atomic E-state index is 0.179. The number of hydrogen-bond acceptors (Lipinski definition) is 3. The van der Waals surface area contributed by atoms with Gasteiger partial charge in [-0.15, -0.1) is 11.3 Å². The lowest BCUT2D eigenvalue weighted by Gasteiger charge is -2.15. The molecular weight excluding hydrogens is 365 g/mol. The van der Waals surface area contributed by atoms with E-state index in [0.29, 0.717) is 17.9 Å². The van der Waals surface area contributed by atoms with Crippen molar-refractivity contribution in [2.75, 3.05) is 6.54 Å². The van der Waals surface area contributed by atoms with Crippen LogP contribution in [0, 0.1) is 14.7 Å². The molecule has 0 bridgehead atoms. The Bertz CT molecular complexity index is 431. The topological polar surface area (TPSA) is 66.4 Å². The average molecular weight is 381 g/mol. The molecule has 0 aromatic carbocycles. The van der Waals surface area contributed by atoms with Crippen LogP contribution in [-0.4, -0.2) is 23.5 Å². The van der Waals surface area contributed by atoms with E-state index < -0.39 is 11.9 Å². The summed E-state index contributed by atoms with van der Waals surface area (Å²) in [5.41, 5.74) is 0.595. The summed E-state index contributed by atoms with van der Waals surface area (Å²) in [6, 6.07) is 1.79. The molecule has 1 atom stereocenters. The third kappa shape index (κ3) is 4.93. The monoisotopic (exact) mass is 381 g/mol. The number of carbonyl (C=O) groups is 2. The first-order valence-electron chi connectivity index (χ1n) is 5.65. The van der Waals surface area contributed by atoms with Gasteiger partial charge in [-0.05, 0) is 41.0 Å². The van der Waals surface area contributed by atoms with Crippen molar-refractivity contribution >= 4 is 45.8 Å². The Balaban J connectivity index is 2.52. The normalized spacial score (nSPS) is 12.4. The van der Waals surface area contributed by atoms with Crippen molar-refractivity contribution in [3.8, 4) is 0 Å². The Morgan fingerprint density at radius 1 is 1.50 bits per heavy atom. The Morgan fingerprint density at radius 3 is 2.61 bits per heavy atom. The highest BCUT2D eigenvalue weighted by atomic mass is 127. The predicted octanol–water partition coefficient (Wildman–Crippen LogP) is 2.83. The van der Waals surface area contributed by atoms with Crippen LogP contribution in [0.25, 0.3) is 0 Å². The third-order valence-corrected chi connectivity index (χ3v) is 4.23. The van der Waals surface area contributed by atoms with Crippen molar-refractivity contribution in [2.45, 2.75) is 20.3 Å². The first-order chi connectivity index (χ1) is 8.40. The van der Waals surface area contributed by atoms with E-state index in [1.54, 1.807) is 11.4 Å². The molecule has 1 heterocycles. The molecule has 0 aliphatic heterocycles. The molecule has 1 aromatic heterocycles. The molecule has 1 unspecified atom stereocenters. The molecule has 1 aromatic rings. The summed E-state index contributed by atoms with van der Waals surface area (Å²) in [5.74, 6) is -1.29. The van der Waals surface area contributed by atoms with E-state index in [0.717, 1.165) is 2.88 Å². The van der Waals surface area contributed by atoms with Crippen LogP contribution in [0.2, 0.25) is 0 Å². The number of halogens is 1. The fourth-order valence-corrected chi connectivity index (χ4v) is 2.91. The number of carbonyl (C=O) groups excluding carboxylic acids is 1. The van der Waals surface area contributed by atoms with Gasteiger partial charge < -0.3 is 10.4 Å². The van der Waals surface area contributed by atoms with Crippen LogP contribution in [0.1, 0.15) is 30.6 Å². The summed E-state index contributed by atoms with van der Waals surface area (Å²) in [6.45, 7) is 4.12. The number of rotatable bonds is 6.